The second-order valence-electron chi connectivity index (χ2n) is 6.32. The monoisotopic (exact) mass is 525 g/mol. The predicted octanol–water partition coefficient (Wildman–Crippen LogP) is 7.30. The van der Waals surface area contributed by atoms with Crippen molar-refractivity contribution in [3.63, 3.8) is 0 Å². The summed E-state index contributed by atoms with van der Waals surface area (Å²) in [6, 6.07) is 8.98. The Morgan fingerprint density at radius 3 is 2.17 bits per heavy atom. The van der Waals surface area contributed by atoms with Gasteiger partial charge in [0.15, 0.2) is 34.6 Å². The van der Waals surface area contributed by atoms with Crippen LogP contribution in [-0.4, -0.2) is 25.3 Å². The maximum atomic E-state index is 14.9. The number of methoxy groups -OCH3 is 1. The van der Waals surface area contributed by atoms with Crippen molar-refractivity contribution in [1.29, 1.82) is 0 Å². The standard InChI is InChI=1S/C22H13ClF6O6/c1-31-17-10-11(35-22(27,28)29)6-8-15(17)32-13-4-2-3-5-14(13)33-19-16(34-21(25)26)9-7-12(18(19)24)20(23)30/h2-10,21H,1H3/i1D3. The number of hydrogen-bond donors (Lipinski definition) is 0. The van der Waals surface area contributed by atoms with E-state index in [1.54, 1.807) is 0 Å². The number of hydrogen-bond acceptors (Lipinski definition) is 6. The Morgan fingerprint density at radius 1 is 0.943 bits per heavy atom. The van der Waals surface area contributed by atoms with Crippen LogP contribution < -0.4 is 23.7 Å². The summed E-state index contributed by atoms with van der Waals surface area (Å²) in [5.41, 5.74) is -0.727. The highest BCUT2D eigenvalue weighted by Crippen LogP contribution is 2.43. The molecule has 0 bridgehead atoms. The van der Waals surface area contributed by atoms with E-state index in [4.69, 9.17) is 29.9 Å². The summed E-state index contributed by atoms with van der Waals surface area (Å²) < 4.78 is 124. The third kappa shape index (κ3) is 6.63. The number of carbonyl (C=O) groups excluding carboxylic acids is 1. The highest BCUT2D eigenvalue weighted by molar-refractivity contribution is 6.67. The maximum Gasteiger partial charge on any atom is 0.573 e. The molecule has 0 radical (unpaired) electrons. The zero-order chi connectivity index (χ0) is 28.3. The average molecular weight is 526 g/mol. The van der Waals surface area contributed by atoms with E-state index in [0.717, 1.165) is 24.3 Å². The molecule has 6 nitrogen and oxygen atoms in total. The predicted molar refractivity (Wildman–Crippen MR) is 109 cm³/mol. The Kier molecular flexibility index (Phi) is 6.60. The van der Waals surface area contributed by atoms with Gasteiger partial charge in [0.05, 0.1) is 16.7 Å². The first kappa shape index (κ1) is 21.7. The first-order valence-corrected chi connectivity index (χ1v) is 9.51. The second kappa shape index (κ2) is 10.6. The van der Waals surface area contributed by atoms with E-state index in [0.29, 0.717) is 6.07 Å². The van der Waals surface area contributed by atoms with Gasteiger partial charge in [-0.15, -0.1) is 13.2 Å². The fourth-order valence-corrected chi connectivity index (χ4v) is 2.82. The van der Waals surface area contributed by atoms with Crippen LogP contribution in [0.15, 0.2) is 54.6 Å². The third-order valence-electron chi connectivity index (χ3n) is 4.03. The van der Waals surface area contributed by atoms with Gasteiger partial charge in [-0.1, -0.05) is 12.1 Å². The van der Waals surface area contributed by atoms with Crippen molar-refractivity contribution >= 4 is 16.8 Å². The van der Waals surface area contributed by atoms with Crippen molar-refractivity contribution in [3.8, 4) is 40.2 Å². The molecule has 3 aromatic carbocycles. The molecule has 35 heavy (non-hydrogen) atoms. The van der Waals surface area contributed by atoms with Crippen LogP contribution in [0.1, 0.15) is 14.5 Å². The molecule has 0 saturated carbocycles. The fourth-order valence-electron chi connectivity index (χ4n) is 2.67. The van der Waals surface area contributed by atoms with Crippen LogP contribution in [0.5, 0.6) is 40.2 Å². The van der Waals surface area contributed by atoms with E-state index in [-0.39, 0.29) is 11.5 Å². The number of carbonyl (C=O) groups is 1. The summed E-state index contributed by atoms with van der Waals surface area (Å²) in [4.78, 5) is 11.5. The Labute approximate surface area is 202 Å². The van der Waals surface area contributed by atoms with Crippen molar-refractivity contribution in [1.82, 2.24) is 0 Å². The van der Waals surface area contributed by atoms with Gasteiger partial charge < -0.3 is 23.7 Å². The highest BCUT2D eigenvalue weighted by Gasteiger charge is 2.31. The molecule has 13 heteroatoms. The summed E-state index contributed by atoms with van der Waals surface area (Å²) in [5.74, 6) is -5.89. The van der Waals surface area contributed by atoms with Crippen LogP contribution in [0.2, 0.25) is 0 Å². The lowest BCUT2D eigenvalue weighted by Gasteiger charge is -2.17. The van der Waals surface area contributed by atoms with Crippen LogP contribution >= 0.6 is 11.6 Å². The molecule has 0 unspecified atom stereocenters. The lowest BCUT2D eigenvalue weighted by molar-refractivity contribution is -0.274. The maximum absolute atomic E-state index is 14.9. The first-order chi connectivity index (χ1) is 17.6. The van der Waals surface area contributed by atoms with Crippen molar-refractivity contribution in [2.75, 3.05) is 7.04 Å². The Bertz CT molecular complexity index is 1320. The fraction of sp³-hybridized carbons (Fsp3) is 0.136. The largest absolute Gasteiger partial charge is 0.573 e. The Hall–Kier alpha value is -3.80. The molecule has 3 aromatic rings. The molecule has 0 heterocycles. The molecule has 0 aliphatic rings. The molecule has 0 aliphatic heterocycles. The first-order valence-electron chi connectivity index (χ1n) is 10.6. The van der Waals surface area contributed by atoms with E-state index in [1.807, 2.05) is 0 Å². The molecular weight excluding hydrogens is 510 g/mol. The summed E-state index contributed by atoms with van der Waals surface area (Å²) in [6.45, 7) is -3.40. The van der Waals surface area contributed by atoms with E-state index in [1.165, 1.54) is 24.3 Å². The number of halogens is 7. The number of rotatable bonds is 9. The lowest BCUT2D eigenvalue weighted by Crippen LogP contribution is -2.17. The number of ether oxygens (including phenoxy) is 5. The minimum absolute atomic E-state index is 0.308. The molecule has 3 rings (SSSR count). The van der Waals surface area contributed by atoms with E-state index in [9.17, 15) is 31.1 Å². The van der Waals surface area contributed by atoms with Gasteiger partial charge in [-0.25, -0.2) is 4.39 Å². The summed E-state index contributed by atoms with van der Waals surface area (Å²) >= 11 is 5.31. The molecule has 0 spiro atoms. The minimum atomic E-state index is -5.10. The van der Waals surface area contributed by atoms with E-state index in [2.05, 4.69) is 9.47 Å². The molecule has 0 amide bonds. The smallest absolute Gasteiger partial charge is 0.493 e. The van der Waals surface area contributed by atoms with Gasteiger partial charge in [-0.2, -0.15) is 8.78 Å². The second-order valence-corrected chi connectivity index (χ2v) is 6.66. The van der Waals surface area contributed by atoms with E-state index < -0.39 is 65.4 Å². The van der Waals surface area contributed by atoms with Crippen molar-refractivity contribution < 1.29 is 58.9 Å². The molecule has 0 aliphatic carbocycles. The summed E-state index contributed by atoms with van der Waals surface area (Å²) in [5, 5.41) is -1.27. The molecule has 0 N–H and O–H groups in total. The van der Waals surface area contributed by atoms with Crippen molar-refractivity contribution in [2.24, 2.45) is 0 Å². The normalized spacial score (nSPS) is 12.9. The van der Waals surface area contributed by atoms with Crippen molar-refractivity contribution in [3.05, 3.63) is 66.0 Å². The Balaban J connectivity index is 2.03. The SMILES string of the molecule is [2H]C([2H])([2H])Oc1cc(OC(F)(F)F)ccc1Oc1ccccc1Oc1c(OC(F)F)ccc(C(=O)Cl)c1F. The topological polar surface area (TPSA) is 63.2 Å². The molecular formula is C22H13ClF6O6. The molecule has 0 fully saturated rings. The molecule has 0 aromatic heterocycles. The molecule has 0 saturated heterocycles. The van der Waals surface area contributed by atoms with Crippen LogP contribution in [-0.2, 0) is 0 Å². The van der Waals surface area contributed by atoms with E-state index >= 15 is 0 Å². The van der Waals surface area contributed by atoms with Crippen LogP contribution in [0.25, 0.3) is 0 Å². The average Bonchev–Trinajstić information content (AvgIpc) is 2.76. The van der Waals surface area contributed by atoms with Crippen LogP contribution in [0.3, 0.4) is 0 Å². The third-order valence-corrected chi connectivity index (χ3v) is 4.23. The van der Waals surface area contributed by atoms with Gasteiger partial charge in [0.1, 0.15) is 5.75 Å². The van der Waals surface area contributed by atoms with Gasteiger partial charge >= 0.3 is 13.0 Å². The van der Waals surface area contributed by atoms with Crippen LogP contribution in [0, 0.1) is 5.82 Å². The van der Waals surface area contributed by atoms with Gasteiger partial charge in [-0.05, 0) is 48.0 Å². The number of benzene rings is 3. The molecule has 0 atom stereocenters. The van der Waals surface area contributed by atoms with Crippen molar-refractivity contribution in [2.45, 2.75) is 13.0 Å². The lowest BCUT2D eigenvalue weighted by atomic mass is 10.2. The molecule has 186 valence electrons. The summed E-state index contributed by atoms with van der Waals surface area (Å²) in [7, 11) is -3.12. The summed E-state index contributed by atoms with van der Waals surface area (Å²) in [6.07, 6.45) is -5.10. The minimum Gasteiger partial charge on any atom is -0.493 e. The van der Waals surface area contributed by atoms with Crippen LogP contribution in [0.4, 0.5) is 26.3 Å². The van der Waals surface area contributed by atoms with Gasteiger partial charge in [0, 0.05) is 6.07 Å². The quantitative estimate of drug-likeness (QED) is 0.216. The zero-order valence-electron chi connectivity index (χ0n) is 19.9. The number of alkyl halides is 5. The van der Waals surface area contributed by atoms with Gasteiger partial charge in [-0.3, -0.25) is 4.79 Å². The van der Waals surface area contributed by atoms with Gasteiger partial charge in [0.2, 0.25) is 5.75 Å². The Morgan fingerprint density at radius 2 is 1.57 bits per heavy atom. The highest BCUT2D eigenvalue weighted by atomic mass is 35.5. The number of para-hydroxylation sites is 2. The van der Waals surface area contributed by atoms with Gasteiger partial charge in [0.25, 0.3) is 5.24 Å². The zero-order valence-corrected chi connectivity index (χ0v) is 17.6.